The van der Waals surface area contributed by atoms with Crippen molar-refractivity contribution in [1.82, 2.24) is 0 Å². The predicted molar refractivity (Wildman–Crippen MR) is 73.1 cm³/mol. The highest BCUT2D eigenvalue weighted by Gasteiger charge is 2.10. The summed E-state index contributed by atoms with van der Waals surface area (Å²) in [6.07, 6.45) is 3.03. The highest BCUT2D eigenvalue weighted by atomic mass is 35.5. The van der Waals surface area contributed by atoms with Gasteiger partial charge in [0.15, 0.2) is 0 Å². The fourth-order valence-corrected chi connectivity index (χ4v) is 1.48. The van der Waals surface area contributed by atoms with E-state index in [1.54, 1.807) is 0 Å². The Morgan fingerprint density at radius 3 is 2.71 bits per heavy atom. The van der Waals surface area contributed by atoms with Crippen molar-refractivity contribution in [3.63, 3.8) is 0 Å². The molecule has 17 heavy (non-hydrogen) atoms. The van der Waals surface area contributed by atoms with E-state index in [0.717, 1.165) is 11.3 Å². The van der Waals surface area contributed by atoms with Crippen LogP contribution in [0.5, 0.6) is 0 Å². The molecule has 0 unspecified atom stereocenters. The monoisotopic (exact) mass is 247 g/mol. The first-order valence-corrected chi connectivity index (χ1v) is 5.48. The third kappa shape index (κ3) is 3.93. The van der Waals surface area contributed by atoms with Crippen molar-refractivity contribution < 1.29 is 4.79 Å². The zero-order valence-corrected chi connectivity index (χ0v) is 10.4. The number of halogens is 1. The van der Waals surface area contributed by atoms with Crippen molar-refractivity contribution in [3.8, 4) is 0 Å². The maximum absolute atomic E-state index is 11.9. The fourth-order valence-electron chi connectivity index (χ4n) is 1.33. The molecule has 3 heteroatoms. The van der Waals surface area contributed by atoms with E-state index >= 15 is 0 Å². The van der Waals surface area contributed by atoms with Gasteiger partial charge in [-0.2, -0.15) is 0 Å². The number of hydrogen-bond donors (Lipinski definition) is 1. The number of carbonyl (C=O) groups is 1. The van der Waals surface area contributed by atoms with Gasteiger partial charge in [-0.05, 0) is 30.7 Å². The molecule has 88 valence electrons. The Kier molecular flexibility index (Phi) is 4.73. The summed E-state index contributed by atoms with van der Waals surface area (Å²) >= 11 is 5.74. The first-order valence-electron chi connectivity index (χ1n) is 5.10. The molecule has 0 fully saturated rings. The van der Waals surface area contributed by atoms with Crippen LogP contribution in [0.1, 0.15) is 5.56 Å². The summed E-state index contributed by atoms with van der Waals surface area (Å²) in [5.74, 6) is -0.296. The van der Waals surface area contributed by atoms with Gasteiger partial charge in [-0.25, -0.2) is 0 Å². The van der Waals surface area contributed by atoms with Crippen molar-refractivity contribution in [1.29, 1.82) is 0 Å². The number of benzene rings is 1. The Morgan fingerprint density at radius 1 is 1.47 bits per heavy atom. The largest absolute Gasteiger partial charge is 0.322 e. The second kappa shape index (κ2) is 6.06. The Bertz CT molecular complexity index is 489. The normalized spacial score (nSPS) is 10.8. The first kappa shape index (κ1) is 13.3. The van der Waals surface area contributed by atoms with Gasteiger partial charge >= 0.3 is 0 Å². The third-order valence-corrected chi connectivity index (χ3v) is 2.30. The molecule has 0 saturated heterocycles. The Balaban J connectivity index is 2.88. The number of carbonyl (C=O) groups excluding carboxylic acids is 1. The van der Waals surface area contributed by atoms with Crippen LogP contribution in [0.2, 0.25) is 0 Å². The van der Waals surface area contributed by atoms with Gasteiger partial charge in [0.25, 0.3) is 5.91 Å². The molecule has 0 aliphatic carbocycles. The van der Waals surface area contributed by atoms with Crippen molar-refractivity contribution in [2.75, 3.05) is 5.32 Å². The van der Waals surface area contributed by atoms with Gasteiger partial charge in [-0.3, -0.25) is 4.79 Å². The van der Waals surface area contributed by atoms with Gasteiger partial charge in [-0.1, -0.05) is 43.0 Å². The zero-order chi connectivity index (χ0) is 12.8. The summed E-state index contributed by atoms with van der Waals surface area (Å²) < 4.78 is 0. The minimum absolute atomic E-state index is 0.190. The second-order valence-electron chi connectivity index (χ2n) is 3.54. The maximum Gasteiger partial charge on any atom is 0.257 e. The molecule has 0 bridgehead atoms. The molecule has 1 amide bonds. The van der Waals surface area contributed by atoms with E-state index in [1.165, 1.54) is 12.2 Å². The molecule has 0 spiro atoms. The Labute approximate surface area is 106 Å². The summed E-state index contributed by atoms with van der Waals surface area (Å²) in [7, 11) is 0. The van der Waals surface area contributed by atoms with Crippen LogP contribution in [0.15, 0.2) is 60.2 Å². The van der Waals surface area contributed by atoms with Crippen molar-refractivity contribution in [3.05, 3.63) is 65.7 Å². The van der Waals surface area contributed by atoms with Crippen LogP contribution >= 0.6 is 11.6 Å². The molecule has 1 aromatic carbocycles. The van der Waals surface area contributed by atoms with Crippen LogP contribution in [0.3, 0.4) is 0 Å². The number of rotatable bonds is 4. The second-order valence-corrected chi connectivity index (χ2v) is 4.00. The minimum Gasteiger partial charge on any atom is -0.322 e. The molecule has 0 aliphatic rings. The summed E-state index contributed by atoms with van der Waals surface area (Å²) in [5, 5.41) is 2.94. The molecular weight excluding hydrogens is 234 g/mol. The zero-order valence-electron chi connectivity index (χ0n) is 9.66. The van der Waals surface area contributed by atoms with Gasteiger partial charge < -0.3 is 5.32 Å². The maximum atomic E-state index is 11.9. The van der Waals surface area contributed by atoms with E-state index in [9.17, 15) is 4.79 Å². The van der Waals surface area contributed by atoms with Gasteiger partial charge in [0.05, 0.1) is 5.57 Å². The van der Waals surface area contributed by atoms with Crippen LogP contribution in [0.4, 0.5) is 5.69 Å². The van der Waals surface area contributed by atoms with Crippen molar-refractivity contribution in [2.45, 2.75) is 6.92 Å². The molecule has 0 atom stereocenters. The van der Waals surface area contributed by atoms with Gasteiger partial charge in [0.1, 0.15) is 0 Å². The molecule has 0 saturated carbocycles. The molecule has 0 aliphatic heterocycles. The highest BCUT2D eigenvalue weighted by Crippen LogP contribution is 2.16. The van der Waals surface area contributed by atoms with Crippen LogP contribution in [0.25, 0.3) is 0 Å². The van der Waals surface area contributed by atoms with E-state index in [2.05, 4.69) is 18.5 Å². The minimum atomic E-state index is -0.296. The van der Waals surface area contributed by atoms with E-state index < -0.39 is 0 Å². The number of nitrogens with one attached hydrogen (secondary N) is 1. The van der Waals surface area contributed by atoms with E-state index in [-0.39, 0.29) is 10.9 Å². The van der Waals surface area contributed by atoms with Gasteiger partial charge in [-0.15, -0.1) is 0 Å². The number of anilines is 1. The van der Waals surface area contributed by atoms with E-state index in [4.69, 9.17) is 11.6 Å². The SMILES string of the molecule is C=C/C=C(\C(=C)Cl)C(=O)Nc1cccc(C)c1. The molecule has 0 aromatic heterocycles. The molecule has 1 rings (SSSR count). The number of aryl methyl sites for hydroxylation is 1. The highest BCUT2D eigenvalue weighted by molar-refractivity contribution is 6.35. The number of allylic oxidation sites excluding steroid dienone is 2. The van der Waals surface area contributed by atoms with Gasteiger partial charge in [0, 0.05) is 10.7 Å². The molecule has 0 heterocycles. The lowest BCUT2D eigenvalue weighted by atomic mass is 10.2. The number of hydrogen-bond acceptors (Lipinski definition) is 1. The van der Waals surface area contributed by atoms with Crippen LogP contribution in [-0.2, 0) is 4.79 Å². The fraction of sp³-hybridized carbons (Fsp3) is 0.0714. The summed E-state index contributed by atoms with van der Waals surface area (Å²) in [6, 6.07) is 7.52. The lowest BCUT2D eigenvalue weighted by Crippen LogP contribution is -2.14. The Hall–Kier alpha value is -1.80. The molecule has 0 radical (unpaired) electrons. The Morgan fingerprint density at radius 2 is 2.18 bits per heavy atom. The van der Waals surface area contributed by atoms with Crippen molar-refractivity contribution in [2.24, 2.45) is 0 Å². The van der Waals surface area contributed by atoms with Crippen molar-refractivity contribution >= 4 is 23.2 Å². The molecule has 1 aromatic rings. The molecular formula is C14H14ClNO. The third-order valence-electron chi connectivity index (χ3n) is 2.10. The standard InChI is InChI=1S/C14H14ClNO/c1-4-6-13(11(3)15)14(17)16-12-8-5-7-10(2)9-12/h4-9H,1,3H2,2H3,(H,16,17)/b13-6+. The first-order chi connectivity index (χ1) is 8.04. The van der Waals surface area contributed by atoms with Gasteiger partial charge in [0.2, 0.25) is 0 Å². The topological polar surface area (TPSA) is 29.1 Å². The lowest BCUT2D eigenvalue weighted by Gasteiger charge is -2.07. The van der Waals surface area contributed by atoms with E-state index in [1.807, 2.05) is 31.2 Å². The lowest BCUT2D eigenvalue weighted by molar-refractivity contribution is -0.112. The quantitative estimate of drug-likeness (QED) is 0.636. The summed E-state index contributed by atoms with van der Waals surface area (Å²) in [6.45, 7) is 9.03. The average molecular weight is 248 g/mol. The van der Waals surface area contributed by atoms with Crippen LogP contribution < -0.4 is 5.32 Å². The summed E-state index contributed by atoms with van der Waals surface area (Å²) in [4.78, 5) is 11.9. The van der Waals surface area contributed by atoms with E-state index in [0.29, 0.717) is 5.57 Å². The average Bonchev–Trinajstić information content (AvgIpc) is 2.25. The predicted octanol–water partition coefficient (Wildman–Crippen LogP) is 3.80. The molecule has 2 nitrogen and oxygen atoms in total. The smallest absolute Gasteiger partial charge is 0.257 e. The number of amides is 1. The summed E-state index contributed by atoms with van der Waals surface area (Å²) in [5.41, 5.74) is 2.10. The van der Waals surface area contributed by atoms with Crippen LogP contribution in [0, 0.1) is 6.92 Å². The van der Waals surface area contributed by atoms with Crippen LogP contribution in [-0.4, -0.2) is 5.91 Å². The molecule has 1 N–H and O–H groups in total.